The van der Waals surface area contributed by atoms with Gasteiger partial charge in [0.2, 0.25) is 5.91 Å². The highest BCUT2D eigenvalue weighted by Crippen LogP contribution is 2.24. The van der Waals surface area contributed by atoms with Gasteiger partial charge in [-0.25, -0.2) is 9.59 Å². The minimum atomic E-state index is -1.18. The summed E-state index contributed by atoms with van der Waals surface area (Å²) >= 11 is 0. The van der Waals surface area contributed by atoms with Crippen molar-refractivity contribution in [3.05, 3.63) is 23.8 Å². The molecule has 3 amide bonds. The molecular formula is C13H15N3O5. The minimum absolute atomic E-state index is 0.0556. The number of carbonyl (C=O) groups excluding carboxylic acids is 2. The summed E-state index contributed by atoms with van der Waals surface area (Å²) in [5.41, 5.74) is -0.0395. The quantitative estimate of drug-likeness (QED) is 0.505. The number of hydrogen-bond acceptors (Lipinski definition) is 4. The third-order valence-corrected chi connectivity index (χ3v) is 2.84. The van der Waals surface area contributed by atoms with E-state index in [4.69, 9.17) is 5.11 Å². The van der Waals surface area contributed by atoms with Gasteiger partial charge in [-0.05, 0) is 31.0 Å². The summed E-state index contributed by atoms with van der Waals surface area (Å²) in [6, 6.07) is 3.09. The number of urea groups is 1. The molecule has 1 fully saturated rings. The molecule has 1 aromatic carbocycles. The Kier molecular flexibility index (Phi) is 4.27. The van der Waals surface area contributed by atoms with Crippen LogP contribution in [0.5, 0.6) is 5.75 Å². The number of rotatable bonds is 5. The first kappa shape index (κ1) is 14.6. The van der Waals surface area contributed by atoms with Gasteiger partial charge in [-0.2, -0.15) is 0 Å². The molecule has 0 spiro atoms. The first-order chi connectivity index (χ1) is 9.95. The molecule has 8 heteroatoms. The minimum Gasteiger partial charge on any atom is -0.506 e. The van der Waals surface area contributed by atoms with Crippen LogP contribution in [0.25, 0.3) is 0 Å². The lowest BCUT2D eigenvalue weighted by Gasteiger charge is -2.09. The van der Waals surface area contributed by atoms with E-state index in [0.717, 1.165) is 18.9 Å². The average molecular weight is 293 g/mol. The van der Waals surface area contributed by atoms with Gasteiger partial charge < -0.3 is 26.2 Å². The van der Waals surface area contributed by atoms with Crippen LogP contribution in [0.4, 0.5) is 10.5 Å². The number of carboxylic acid groups (broad SMARTS) is 1. The summed E-state index contributed by atoms with van der Waals surface area (Å²) in [4.78, 5) is 33.6. The SMILES string of the molecule is O=C(CNC(=O)Nc1ccc(C(=O)O)cc1O)NC1CC1. The van der Waals surface area contributed by atoms with Crippen LogP contribution in [-0.4, -0.2) is 40.7 Å². The number of anilines is 1. The number of benzene rings is 1. The van der Waals surface area contributed by atoms with Crippen molar-refractivity contribution in [2.75, 3.05) is 11.9 Å². The Bertz CT molecular complexity index is 583. The van der Waals surface area contributed by atoms with Gasteiger partial charge in [-0.1, -0.05) is 0 Å². The molecule has 0 atom stereocenters. The van der Waals surface area contributed by atoms with Crippen molar-refractivity contribution in [1.82, 2.24) is 10.6 Å². The van der Waals surface area contributed by atoms with Crippen molar-refractivity contribution >= 4 is 23.6 Å². The topological polar surface area (TPSA) is 128 Å². The van der Waals surface area contributed by atoms with Crippen LogP contribution in [0.2, 0.25) is 0 Å². The molecule has 0 aliphatic heterocycles. The molecule has 1 aromatic rings. The second-order valence-electron chi connectivity index (χ2n) is 4.69. The number of carbonyl (C=O) groups is 3. The molecule has 0 unspecified atom stereocenters. The maximum Gasteiger partial charge on any atom is 0.335 e. The molecule has 0 radical (unpaired) electrons. The lowest BCUT2D eigenvalue weighted by atomic mass is 10.2. The monoisotopic (exact) mass is 293 g/mol. The van der Waals surface area contributed by atoms with E-state index < -0.39 is 12.0 Å². The van der Waals surface area contributed by atoms with Crippen molar-refractivity contribution in [3.63, 3.8) is 0 Å². The lowest BCUT2D eigenvalue weighted by molar-refractivity contribution is -0.120. The zero-order chi connectivity index (χ0) is 15.4. The summed E-state index contributed by atoms with van der Waals surface area (Å²) < 4.78 is 0. The molecule has 0 heterocycles. The smallest absolute Gasteiger partial charge is 0.335 e. The molecule has 0 saturated heterocycles. The Morgan fingerprint density at radius 3 is 2.52 bits per heavy atom. The van der Waals surface area contributed by atoms with Crippen LogP contribution < -0.4 is 16.0 Å². The Labute approximate surface area is 120 Å². The molecule has 112 valence electrons. The van der Waals surface area contributed by atoms with Crippen LogP contribution in [-0.2, 0) is 4.79 Å². The van der Waals surface area contributed by atoms with E-state index in [1.807, 2.05) is 0 Å². The maximum absolute atomic E-state index is 11.6. The molecule has 21 heavy (non-hydrogen) atoms. The molecule has 0 aromatic heterocycles. The Morgan fingerprint density at radius 2 is 1.95 bits per heavy atom. The van der Waals surface area contributed by atoms with E-state index >= 15 is 0 Å². The molecule has 1 aliphatic carbocycles. The van der Waals surface area contributed by atoms with E-state index in [1.54, 1.807) is 0 Å². The van der Waals surface area contributed by atoms with Gasteiger partial charge in [-0.3, -0.25) is 4.79 Å². The summed E-state index contributed by atoms with van der Waals surface area (Å²) in [5, 5.41) is 25.7. The van der Waals surface area contributed by atoms with Crippen LogP contribution in [0.15, 0.2) is 18.2 Å². The lowest BCUT2D eigenvalue weighted by Crippen LogP contribution is -2.39. The second-order valence-corrected chi connectivity index (χ2v) is 4.69. The fourth-order valence-corrected chi connectivity index (χ4v) is 1.60. The normalized spacial score (nSPS) is 13.3. The van der Waals surface area contributed by atoms with Crippen molar-refractivity contribution in [2.24, 2.45) is 0 Å². The van der Waals surface area contributed by atoms with Crippen LogP contribution in [0.3, 0.4) is 0 Å². The molecule has 1 aliphatic rings. The number of amides is 3. The predicted octanol–water partition coefficient (Wildman–Crippen LogP) is 0.490. The van der Waals surface area contributed by atoms with Crippen molar-refractivity contribution in [1.29, 1.82) is 0 Å². The fraction of sp³-hybridized carbons (Fsp3) is 0.308. The fourth-order valence-electron chi connectivity index (χ4n) is 1.60. The van der Waals surface area contributed by atoms with E-state index in [2.05, 4.69) is 16.0 Å². The highest BCUT2D eigenvalue weighted by molar-refractivity contribution is 5.95. The van der Waals surface area contributed by atoms with E-state index in [9.17, 15) is 19.5 Å². The maximum atomic E-state index is 11.6. The van der Waals surface area contributed by atoms with Gasteiger partial charge >= 0.3 is 12.0 Å². The number of nitrogens with one attached hydrogen (secondary N) is 3. The number of phenolic OH excluding ortho intramolecular Hbond substituents is 1. The van der Waals surface area contributed by atoms with Crippen LogP contribution in [0.1, 0.15) is 23.2 Å². The zero-order valence-corrected chi connectivity index (χ0v) is 11.0. The number of carboxylic acids is 1. The molecule has 2 rings (SSSR count). The first-order valence-corrected chi connectivity index (χ1v) is 6.36. The highest BCUT2D eigenvalue weighted by atomic mass is 16.4. The number of aromatic carboxylic acids is 1. The van der Waals surface area contributed by atoms with Crippen LogP contribution >= 0.6 is 0 Å². The van der Waals surface area contributed by atoms with Crippen molar-refractivity contribution in [3.8, 4) is 5.75 Å². The average Bonchev–Trinajstić information content (AvgIpc) is 3.22. The molecule has 1 saturated carbocycles. The third kappa shape index (κ3) is 4.37. The largest absolute Gasteiger partial charge is 0.506 e. The molecule has 5 N–H and O–H groups in total. The summed E-state index contributed by atoms with van der Waals surface area (Å²) in [5.74, 6) is -1.83. The third-order valence-electron chi connectivity index (χ3n) is 2.84. The number of aromatic hydroxyl groups is 1. The summed E-state index contributed by atoms with van der Waals surface area (Å²) in [7, 11) is 0. The van der Waals surface area contributed by atoms with E-state index in [1.165, 1.54) is 12.1 Å². The van der Waals surface area contributed by atoms with E-state index in [-0.39, 0.29) is 35.5 Å². The van der Waals surface area contributed by atoms with Gasteiger partial charge in [-0.15, -0.1) is 0 Å². The Hall–Kier alpha value is -2.77. The Balaban J connectivity index is 1.84. The van der Waals surface area contributed by atoms with Gasteiger partial charge in [0.05, 0.1) is 17.8 Å². The first-order valence-electron chi connectivity index (χ1n) is 6.36. The van der Waals surface area contributed by atoms with Crippen molar-refractivity contribution < 1.29 is 24.6 Å². The summed E-state index contributed by atoms with van der Waals surface area (Å²) in [6.07, 6.45) is 1.92. The van der Waals surface area contributed by atoms with Gasteiger partial charge in [0.1, 0.15) is 5.75 Å². The van der Waals surface area contributed by atoms with Crippen LogP contribution in [0, 0.1) is 0 Å². The van der Waals surface area contributed by atoms with E-state index in [0.29, 0.717) is 0 Å². The standard InChI is InChI=1S/C13H15N3O5/c17-10-5-7(12(19)20)1-4-9(10)16-13(21)14-6-11(18)15-8-2-3-8/h1,4-5,8,17H,2-3,6H2,(H,15,18)(H,19,20)(H2,14,16,21). The predicted molar refractivity (Wildman–Crippen MR) is 73.3 cm³/mol. The molecule has 0 bridgehead atoms. The molecular weight excluding hydrogens is 278 g/mol. The number of phenols is 1. The second kappa shape index (κ2) is 6.12. The summed E-state index contributed by atoms with van der Waals surface area (Å²) in [6.45, 7) is -0.170. The zero-order valence-electron chi connectivity index (χ0n) is 11.0. The molecule has 8 nitrogen and oxygen atoms in total. The van der Waals surface area contributed by atoms with Gasteiger partial charge in [0, 0.05) is 6.04 Å². The van der Waals surface area contributed by atoms with Gasteiger partial charge in [0.15, 0.2) is 0 Å². The van der Waals surface area contributed by atoms with Crippen molar-refractivity contribution in [2.45, 2.75) is 18.9 Å². The number of hydrogen-bond donors (Lipinski definition) is 5. The van der Waals surface area contributed by atoms with Gasteiger partial charge in [0.25, 0.3) is 0 Å². The Morgan fingerprint density at radius 1 is 1.24 bits per heavy atom. The highest BCUT2D eigenvalue weighted by Gasteiger charge is 2.23.